The van der Waals surface area contributed by atoms with Crippen LogP contribution in [0.2, 0.25) is 0 Å². The summed E-state index contributed by atoms with van der Waals surface area (Å²) in [7, 11) is 0. The van der Waals surface area contributed by atoms with Crippen LogP contribution in [0.4, 0.5) is 0 Å². The number of piperidine rings is 1. The minimum Gasteiger partial charge on any atom is -0.460 e. The van der Waals surface area contributed by atoms with Gasteiger partial charge in [0.05, 0.1) is 0 Å². The van der Waals surface area contributed by atoms with Crippen LogP contribution in [0.1, 0.15) is 18.4 Å². The summed E-state index contributed by atoms with van der Waals surface area (Å²) in [6.45, 7) is 5.06. The predicted molar refractivity (Wildman–Crippen MR) is 73.7 cm³/mol. The molecule has 1 aromatic rings. The molecule has 1 atom stereocenters. The molecule has 98 valence electrons. The quantitative estimate of drug-likeness (QED) is 0.675. The number of benzene rings is 1. The predicted octanol–water partition coefficient (Wildman–Crippen LogP) is 2.46. The van der Waals surface area contributed by atoms with Crippen LogP contribution in [-0.2, 0) is 16.1 Å². The number of esters is 1. The molecule has 1 N–H and O–H groups in total. The van der Waals surface area contributed by atoms with Gasteiger partial charge in [0.1, 0.15) is 12.6 Å². The third kappa shape index (κ3) is 4.17. The number of nitrogens with one attached hydrogen (secondary N) is 1. The van der Waals surface area contributed by atoms with Crippen molar-refractivity contribution in [3.05, 3.63) is 48.0 Å². The Kier molecular flexibility index (Phi) is 5.89. The standard InChI is InChI=1S/C14H17NO2.ClH/c1-11-7-8-15-13(9-11)14(16)17-10-12-5-3-2-4-6-12;/h2-6,13,15H,1,7-10H2;1H/t13-;/m0./s1. The fourth-order valence-electron chi connectivity index (χ4n) is 1.88. The third-order valence-corrected chi connectivity index (χ3v) is 2.87. The SMILES string of the molecule is C=C1CCN[C@H](C(=O)OCc2ccccc2)C1.Cl. The molecule has 0 unspecified atom stereocenters. The topological polar surface area (TPSA) is 38.3 Å². The minimum atomic E-state index is -0.222. The molecule has 0 saturated carbocycles. The van der Waals surface area contributed by atoms with Crippen LogP contribution in [0, 0.1) is 0 Å². The molecular weight excluding hydrogens is 250 g/mol. The van der Waals surface area contributed by atoms with Gasteiger partial charge < -0.3 is 10.1 Å². The van der Waals surface area contributed by atoms with E-state index in [1.807, 2.05) is 30.3 Å². The Bertz CT molecular complexity index is 406. The molecule has 4 heteroatoms. The van der Waals surface area contributed by atoms with E-state index >= 15 is 0 Å². The van der Waals surface area contributed by atoms with Crippen molar-refractivity contribution < 1.29 is 9.53 Å². The van der Waals surface area contributed by atoms with E-state index in [2.05, 4.69) is 11.9 Å². The van der Waals surface area contributed by atoms with E-state index in [-0.39, 0.29) is 24.4 Å². The Morgan fingerprint density at radius 3 is 2.78 bits per heavy atom. The molecule has 1 saturated heterocycles. The molecule has 0 amide bonds. The minimum absolute atomic E-state index is 0. The third-order valence-electron chi connectivity index (χ3n) is 2.87. The summed E-state index contributed by atoms with van der Waals surface area (Å²) in [4.78, 5) is 11.8. The maximum Gasteiger partial charge on any atom is 0.323 e. The van der Waals surface area contributed by atoms with Gasteiger partial charge in [0.2, 0.25) is 0 Å². The number of hydrogen-bond acceptors (Lipinski definition) is 3. The molecule has 0 spiro atoms. The zero-order chi connectivity index (χ0) is 12.1. The Morgan fingerprint density at radius 1 is 1.39 bits per heavy atom. The second kappa shape index (κ2) is 7.19. The average Bonchev–Trinajstić information content (AvgIpc) is 2.37. The summed E-state index contributed by atoms with van der Waals surface area (Å²) in [5.74, 6) is -0.185. The van der Waals surface area contributed by atoms with Gasteiger partial charge in [-0.2, -0.15) is 0 Å². The van der Waals surface area contributed by atoms with Crippen molar-refractivity contribution in [1.82, 2.24) is 5.32 Å². The van der Waals surface area contributed by atoms with Gasteiger partial charge in [-0.1, -0.05) is 42.5 Å². The molecule has 0 radical (unpaired) electrons. The first-order valence-electron chi connectivity index (χ1n) is 5.86. The van der Waals surface area contributed by atoms with Crippen LogP contribution >= 0.6 is 12.4 Å². The highest BCUT2D eigenvalue weighted by Crippen LogP contribution is 2.14. The van der Waals surface area contributed by atoms with Crippen LogP contribution in [0.25, 0.3) is 0 Å². The van der Waals surface area contributed by atoms with Crippen molar-refractivity contribution in [2.75, 3.05) is 6.54 Å². The molecule has 0 aromatic heterocycles. The van der Waals surface area contributed by atoms with Crippen molar-refractivity contribution in [3.63, 3.8) is 0 Å². The van der Waals surface area contributed by atoms with Crippen LogP contribution in [0.5, 0.6) is 0 Å². The molecule has 0 bridgehead atoms. The normalized spacial score (nSPS) is 18.9. The van der Waals surface area contributed by atoms with E-state index in [1.165, 1.54) is 0 Å². The Morgan fingerprint density at radius 2 is 2.11 bits per heavy atom. The van der Waals surface area contributed by atoms with Crippen molar-refractivity contribution in [2.24, 2.45) is 0 Å². The van der Waals surface area contributed by atoms with Gasteiger partial charge in [-0.3, -0.25) is 4.79 Å². The summed E-state index contributed by atoms with van der Waals surface area (Å²) < 4.78 is 5.27. The zero-order valence-electron chi connectivity index (χ0n) is 10.2. The average molecular weight is 268 g/mol. The molecule has 1 fully saturated rings. The maximum absolute atomic E-state index is 11.8. The summed E-state index contributed by atoms with van der Waals surface area (Å²) in [6.07, 6.45) is 1.64. The Balaban J connectivity index is 0.00000162. The first kappa shape index (κ1) is 14.7. The lowest BCUT2D eigenvalue weighted by molar-refractivity contribution is -0.147. The van der Waals surface area contributed by atoms with E-state index in [4.69, 9.17) is 4.74 Å². The molecule has 0 aliphatic carbocycles. The number of rotatable bonds is 3. The van der Waals surface area contributed by atoms with Crippen LogP contribution in [0.3, 0.4) is 0 Å². The molecular formula is C14H18ClNO2. The summed E-state index contributed by atoms with van der Waals surface area (Å²) >= 11 is 0. The van der Waals surface area contributed by atoms with Gasteiger partial charge >= 0.3 is 5.97 Å². The fraction of sp³-hybridized carbons (Fsp3) is 0.357. The summed E-state index contributed by atoms with van der Waals surface area (Å²) in [5.41, 5.74) is 2.13. The number of halogens is 1. The van der Waals surface area contributed by atoms with Gasteiger partial charge in [0, 0.05) is 0 Å². The smallest absolute Gasteiger partial charge is 0.323 e. The van der Waals surface area contributed by atoms with E-state index in [0.717, 1.165) is 24.1 Å². The molecule has 2 rings (SSSR count). The molecule has 1 aromatic carbocycles. The second-order valence-corrected chi connectivity index (χ2v) is 4.30. The molecule has 1 heterocycles. The van der Waals surface area contributed by atoms with E-state index in [1.54, 1.807) is 0 Å². The van der Waals surface area contributed by atoms with Crippen molar-refractivity contribution >= 4 is 18.4 Å². The monoisotopic (exact) mass is 267 g/mol. The van der Waals surface area contributed by atoms with Crippen molar-refractivity contribution in [2.45, 2.75) is 25.5 Å². The lowest BCUT2D eigenvalue weighted by atomic mass is 10.0. The Hall–Kier alpha value is -1.32. The lowest BCUT2D eigenvalue weighted by Crippen LogP contribution is -2.42. The van der Waals surface area contributed by atoms with Crippen LogP contribution < -0.4 is 5.32 Å². The summed E-state index contributed by atoms with van der Waals surface area (Å²) in [6, 6.07) is 9.48. The molecule has 3 nitrogen and oxygen atoms in total. The van der Waals surface area contributed by atoms with Crippen LogP contribution in [-0.4, -0.2) is 18.6 Å². The number of ether oxygens (including phenoxy) is 1. The molecule has 18 heavy (non-hydrogen) atoms. The van der Waals surface area contributed by atoms with E-state index < -0.39 is 0 Å². The van der Waals surface area contributed by atoms with Gasteiger partial charge in [0.15, 0.2) is 0 Å². The molecule has 1 aliphatic rings. The second-order valence-electron chi connectivity index (χ2n) is 4.30. The van der Waals surface area contributed by atoms with Gasteiger partial charge in [-0.15, -0.1) is 12.4 Å². The largest absolute Gasteiger partial charge is 0.460 e. The highest BCUT2D eigenvalue weighted by atomic mass is 35.5. The van der Waals surface area contributed by atoms with Gasteiger partial charge in [0.25, 0.3) is 0 Å². The van der Waals surface area contributed by atoms with Crippen LogP contribution in [0.15, 0.2) is 42.5 Å². The zero-order valence-corrected chi connectivity index (χ0v) is 11.0. The lowest BCUT2D eigenvalue weighted by Gasteiger charge is -2.23. The van der Waals surface area contributed by atoms with Crippen molar-refractivity contribution in [1.29, 1.82) is 0 Å². The van der Waals surface area contributed by atoms with E-state index in [9.17, 15) is 4.79 Å². The first-order chi connectivity index (χ1) is 8.25. The first-order valence-corrected chi connectivity index (χ1v) is 5.86. The summed E-state index contributed by atoms with van der Waals surface area (Å²) in [5, 5.41) is 3.15. The number of carbonyl (C=O) groups excluding carboxylic acids is 1. The van der Waals surface area contributed by atoms with E-state index in [0.29, 0.717) is 13.0 Å². The number of hydrogen-bond donors (Lipinski definition) is 1. The highest BCUT2D eigenvalue weighted by Gasteiger charge is 2.23. The van der Waals surface area contributed by atoms with Gasteiger partial charge in [-0.25, -0.2) is 0 Å². The maximum atomic E-state index is 11.8. The molecule has 1 aliphatic heterocycles. The van der Waals surface area contributed by atoms with Crippen molar-refractivity contribution in [3.8, 4) is 0 Å². The highest BCUT2D eigenvalue weighted by molar-refractivity contribution is 5.85. The Labute approximate surface area is 114 Å². The van der Waals surface area contributed by atoms with Gasteiger partial charge in [-0.05, 0) is 24.9 Å². The number of carbonyl (C=O) groups is 1. The fourth-order valence-corrected chi connectivity index (χ4v) is 1.88.